The van der Waals surface area contributed by atoms with Gasteiger partial charge in [0.2, 0.25) is 0 Å². The normalized spacial score (nSPS) is 18.0. The lowest BCUT2D eigenvalue weighted by molar-refractivity contribution is -0.0622. The maximum atomic E-state index is 12.9. The van der Waals surface area contributed by atoms with Gasteiger partial charge in [0.1, 0.15) is 6.29 Å². The zero-order valence-corrected chi connectivity index (χ0v) is 7.70. The van der Waals surface area contributed by atoms with E-state index in [1.807, 2.05) is 0 Å². The number of fused-ring (bicyclic) bond motifs is 1. The lowest BCUT2D eigenvalue weighted by atomic mass is 10.2. The third-order valence-electron chi connectivity index (χ3n) is 1.98. The first-order valence-electron chi connectivity index (χ1n) is 4.33. The minimum atomic E-state index is -3.00. The lowest BCUT2D eigenvalue weighted by Crippen LogP contribution is -2.30. The quantitative estimate of drug-likeness (QED) is 0.670. The molecule has 15 heavy (non-hydrogen) atoms. The third kappa shape index (κ3) is 2.06. The summed E-state index contributed by atoms with van der Waals surface area (Å²) < 4.78 is 35.5. The summed E-state index contributed by atoms with van der Waals surface area (Å²) in [4.78, 5) is 10.5. The summed E-state index contributed by atoms with van der Waals surface area (Å²) in [6, 6.07) is 4.31. The van der Waals surface area contributed by atoms with E-state index in [4.69, 9.17) is 9.47 Å². The van der Waals surface area contributed by atoms with Gasteiger partial charge < -0.3 is 9.47 Å². The molecule has 1 aromatic carbocycles. The predicted octanol–water partition coefficient (Wildman–Crippen LogP) is 1.91. The Morgan fingerprint density at radius 3 is 2.53 bits per heavy atom. The van der Waals surface area contributed by atoms with Crippen LogP contribution >= 0.6 is 0 Å². The van der Waals surface area contributed by atoms with Crippen LogP contribution in [0.2, 0.25) is 0 Å². The molecule has 0 radical (unpaired) electrons. The molecule has 0 aliphatic carbocycles. The summed E-state index contributed by atoms with van der Waals surface area (Å²) in [6.07, 6.45) is 0.618. The Labute approximate surface area is 84.6 Å². The molecule has 0 unspecified atom stereocenters. The highest BCUT2D eigenvalue weighted by Crippen LogP contribution is 2.33. The van der Waals surface area contributed by atoms with Crippen molar-refractivity contribution in [3.63, 3.8) is 0 Å². The largest absolute Gasteiger partial charge is 0.483 e. The van der Waals surface area contributed by atoms with Crippen molar-refractivity contribution in [3.8, 4) is 11.5 Å². The molecule has 0 bridgehead atoms. The molecular weight excluding hydrogens is 206 g/mol. The highest BCUT2D eigenvalue weighted by molar-refractivity contribution is 5.76. The first-order valence-corrected chi connectivity index (χ1v) is 4.33. The zero-order chi connectivity index (χ0) is 10.9. The van der Waals surface area contributed by atoms with Crippen LogP contribution in [-0.2, 0) is 0 Å². The van der Waals surface area contributed by atoms with E-state index in [2.05, 4.69) is 0 Å². The monoisotopic (exact) mass is 214 g/mol. The van der Waals surface area contributed by atoms with E-state index in [0.717, 1.165) is 0 Å². The van der Waals surface area contributed by atoms with E-state index >= 15 is 0 Å². The fourth-order valence-corrected chi connectivity index (χ4v) is 1.24. The molecule has 0 atom stereocenters. The molecule has 80 valence electrons. The van der Waals surface area contributed by atoms with Crippen molar-refractivity contribution in [1.29, 1.82) is 0 Å². The summed E-state index contributed by atoms with van der Waals surface area (Å²) in [5.74, 6) is -2.59. The maximum absolute atomic E-state index is 12.9. The molecule has 1 aliphatic rings. The Kier molecular flexibility index (Phi) is 2.30. The van der Waals surface area contributed by atoms with Crippen molar-refractivity contribution in [1.82, 2.24) is 0 Å². The molecule has 0 fully saturated rings. The van der Waals surface area contributed by atoms with Gasteiger partial charge in [0.25, 0.3) is 0 Å². The van der Waals surface area contributed by atoms with Gasteiger partial charge in [-0.25, -0.2) is 0 Å². The highest BCUT2D eigenvalue weighted by Gasteiger charge is 2.34. The van der Waals surface area contributed by atoms with Crippen molar-refractivity contribution >= 4 is 6.29 Å². The fraction of sp³-hybridized carbons (Fsp3) is 0.300. The fourth-order valence-electron chi connectivity index (χ4n) is 1.24. The molecule has 0 saturated heterocycles. The number of benzene rings is 1. The highest BCUT2D eigenvalue weighted by atomic mass is 19.3. The Morgan fingerprint density at radius 1 is 1.20 bits per heavy atom. The molecule has 2 rings (SSSR count). The molecule has 1 aliphatic heterocycles. The molecule has 0 spiro atoms. The van der Waals surface area contributed by atoms with Crippen LogP contribution in [0, 0.1) is 0 Å². The molecule has 0 N–H and O–H groups in total. The van der Waals surface area contributed by atoms with E-state index in [1.54, 1.807) is 0 Å². The number of hydrogen-bond donors (Lipinski definition) is 0. The molecule has 1 heterocycles. The molecular formula is C10H8F2O3. The van der Waals surface area contributed by atoms with Gasteiger partial charge >= 0.3 is 5.92 Å². The number of hydrogen-bond acceptors (Lipinski definition) is 3. The maximum Gasteiger partial charge on any atom is 0.314 e. The van der Waals surface area contributed by atoms with Crippen LogP contribution in [0.25, 0.3) is 0 Å². The van der Waals surface area contributed by atoms with Crippen molar-refractivity contribution in [2.45, 2.75) is 5.92 Å². The van der Waals surface area contributed by atoms with Crippen molar-refractivity contribution in [2.24, 2.45) is 0 Å². The molecule has 0 saturated carbocycles. The number of ether oxygens (including phenoxy) is 2. The number of rotatable bonds is 1. The van der Waals surface area contributed by atoms with Gasteiger partial charge in [-0.1, -0.05) is 0 Å². The summed E-state index contributed by atoms with van der Waals surface area (Å²) >= 11 is 0. The van der Waals surface area contributed by atoms with E-state index < -0.39 is 19.1 Å². The average Bonchev–Trinajstić information content (AvgIpc) is 2.38. The Bertz CT molecular complexity index is 390. The third-order valence-corrected chi connectivity index (χ3v) is 1.98. The van der Waals surface area contributed by atoms with Gasteiger partial charge in [0.15, 0.2) is 24.7 Å². The van der Waals surface area contributed by atoms with Crippen LogP contribution in [0.5, 0.6) is 11.5 Å². The zero-order valence-electron chi connectivity index (χ0n) is 7.70. The molecule has 0 amide bonds. The second-order valence-electron chi connectivity index (χ2n) is 3.26. The van der Waals surface area contributed by atoms with Crippen molar-refractivity contribution in [2.75, 3.05) is 13.2 Å². The van der Waals surface area contributed by atoms with E-state index in [9.17, 15) is 13.6 Å². The van der Waals surface area contributed by atoms with Crippen LogP contribution in [0.3, 0.4) is 0 Å². The number of halogens is 2. The van der Waals surface area contributed by atoms with Crippen LogP contribution in [0.15, 0.2) is 18.2 Å². The van der Waals surface area contributed by atoms with Crippen LogP contribution < -0.4 is 9.47 Å². The molecule has 1 aromatic rings. The second kappa shape index (κ2) is 3.49. The Balaban J connectivity index is 2.31. The first kappa shape index (κ1) is 9.89. The second-order valence-corrected chi connectivity index (χ2v) is 3.26. The van der Waals surface area contributed by atoms with Crippen molar-refractivity contribution < 1.29 is 23.0 Å². The van der Waals surface area contributed by atoms with Crippen LogP contribution in [-0.4, -0.2) is 25.4 Å². The topological polar surface area (TPSA) is 35.5 Å². The summed E-state index contributed by atoms with van der Waals surface area (Å²) in [5.41, 5.74) is 0.363. The standard InChI is InChI=1S/C10H8F2O3/c11-10(12)5-14-8-2-1-7(4-13)3-9(8)15-6-10/h1-4H,5-6H2. The van der Waals surface area contributed by atoms with Crippen LogP contribution in [0.1, 0.15) is 10.4 Å². The number of carbonyl (C=O) groups is 1. The summed E-state index contributed by atoms with van der Waals surface area (Å²) in [7, 11) is 0. The van der Waals surface area contributed by atoms with E-state index in [0.29, 0.717) is 11.8 Å². The molecule has 3 nitrogen and oxygen atoms in total. The van der Waals surface area contributed by atoms with Gasteiger partial charge in [-0.2, -0.15) is 8.78 Å². The SMILES string of the molecule is O=Cc1ccc2c(c1)OCC(F)(F)CO2. The Hall–Kier alpha value is -1.65. The van der Waals surface area contributed by atoms with Crippen molar-refractivity contribution in [3.05, 3.63) is 23.8 Å². The lowest BCUT2D eigenvalue weighted by Gasteiger charge is -2.10. The van der Waals surface area contributed by atoms with Gasteiger partial charge in [-0.15, -0.1) is 0 Å². The summed E-state index contributed by atoms with van der Waals surface area (Å²) in [5, 5.41) is 0. The first-order chi connectivity index (χ1) is 7.11. The van der Waals surface area contributed by atoms with Gasteiger partial charge in [0.05, 0.1) is 0 Å². The smallest absolute Gasteiger partial charge is 0.314 e. The van der Waals surface area contributed by atoms with E-state index in [-0.39, 0.29) is 11.5 Å². The van der Waals surface area contributed by atoms with Gasteiger partial charge in [0, 0.05) is 5.56 Å². The average molecular weight is 214 g/mol. The number of aldehydes is 1. The van der Waals surface area contributed by atoms with Crippen LogP contribution in [0.4, 0.5) is 8.78 Å². The molecule has 0 aromatic heterocycles. The predicted molar refractivity (Wildman–Crippen MR) is 47.8 cm³/mol. The van der Waals surface area contributed by atoms with E-state index in [1.165, 1.54) is 18.2 Å². The minimum absolute atomic E-state index is 0.178. The number of carbonyl (C=O) groups excluding carboxylic acids is 1. The molecule has 5 heteroatoms. The van der Waals surface area contributed by atoms with Gasteiger partial charge in [-0.3, -0.25) is 4.79 Å². The minimum Gasteiger partial charge on any atom is -0.483 e. The van der Waals surface area contributed by atoms with Gasteiger partial charge in [-0.05, 0) is 18.2 Å². The Morgan fingerprint density at radius 2 is 1.87 bits per heavy atom. The summed E-state index contributed by atoms with van der Waals surface area (Å²) in [6.45, 7) is -1.44. The number of alkyl halides is 2.